The maximum absolute atomic E-state index is 4.46. The molecule has 1 heterocycles. The van der Waals surface area contributed by atoms with E-state index in [1.807, 2.05) is 11.7 Å². The fourth-order valence-electron chi connectivity index (χ4n) is 1.71. The lowest BCUT2D eigenvalue weighted by molar-refractivity contribution is 0.325. The first kappa shape index (κ1) is 13.2. The van der Waals surface area contributed by atoms with E-state index in [4.69, 9.17) is 0 Å². The first-order valence-corrected chi connectivity index (χ1v) is 6.31. The van der Waals surface area contributed by atoms with E-state index in [1.165, 1.54) is 11.4 Å². The molecule has 3 heteroatoms. The zero-order chi connectivity index (χ0) is 12.2. The van der Waals surface area contributed by atoms with Crippen LogP contribution in [-0.2, 0) is 20.0 Å². The molecule has 1 aromatic heterocycles. The van der Waals surface area contributed by atoms with Gasteiger partial charge in [0.15, 0.2) is 0 Å². The Labute approximate surface area is 99.2 Å². The molecule has 0 aliphatic carbocycles. The SMILES string of the molecule is CCc1cc(CNC(C)(CC)CC)n(C)n1. The summed E-state index contributed by atoms with van der Waals surface area (Å²) in [7, 11) is 2.02. The number of nitrogens with zero attached hydrogens (tertiary/aromatic N) is 2. The Morgan fingerprint density at radius 1 is 1.31 bits per heavy atom. The van der Waals surface area contributed by atoms with Crippen LogP contribution >= 0.6 is 0 Å². The van der Waals surface area contributed by atoms with E-state index >= 15 is 0 Å². The molecule has 1 aromatic rings. The van der Waals surface area contributed by atoms with Crippen LogP contribution in [0.3, 0.4) is 0 Å². The zero-order valence-electron chi connectivity index (χ0n) is 11.3. The quantitative estimate of drug-likeness (QED) is 0.803. The molecule has 0 bridgehead atoms. The van der Waals surface area contributed by atoms with E-state index in [1.54, 1.807) is 0 Å². The van der Waals surface area contributed by atoms with Gasteiger partial charge in [0.05, 0.1) is 11.4 Å². The maximum Gasteiger partial charge on any atom is 0.0625 e. The molecule has 1 rings (SSSR count). The van der Waals surface area contributed by atoms with E-state index in [0.717, 1.165) is 25.8 Å². The fraction of sp³-hybridized carbons (Fsp3) is 0.769. The van der Waals surface area contributed by atoms with Gasteiger partial charge in [-0.15, -0.1) is 0 Å². The van der Waals surface area contributed by atoms with Gasteiger partial charge in [-0.25, -0.2) is 0 Å². The average Bonchev–Trinajstić information content (AvgIpc) is 2.67. The summed E-state index contributed by atoms with van der Waals surface area (Å²) in [5.74, 6) is 0. The monoisotopic (exact) mass is 223 g/mol. The summed E-state index contributed by atoms with van der Waals surface area (Å²) in [6.45, 7) is 9.79. The average molecular weight is 223 g/mol. The molecule has 0 fully saturated rings. The van der Waals surface area contributed by atoms with Crippen LogP contribution < -0.4 is 5.32 Å². The first-order chi connectivity index (χ1) is 7.54. The van der Waals surface area contributed by atoms with Crippen molar-refractivity contribution in [3.05, 3.63) is 17.5 Å². The Morgan fingerprint density at radius 2 is 1.94 bits per heavy atom. The molecular formula is C13H25N3. The second-order valence-corrected chi connectivity index (χ2v) is 4.73. The molecule has 16 heavy (non-hydrogen) atoms. The van der Waals surface area contributed by atoms with Crippen molar-refractivity contribution in [2.45, 2.75) is 59.0 Å². The van der Waals surface area contributed by atoms with Gasteiger partial charge >= 0.3 is 0 Å². The molecule has 0 saturated heterocycles. The third kappa shape index (κ3) is 3.08. The molecule has 0 aliphatic heterocycles. The lowest BCUT2D eigenvalue weighted by atomic mass is 9.95. The third-order valence-electron chi connectivity index (χ3n) is 3.65. The number of nitrogens with one attached hydrogen (secondary N) is 1. The number of hydrogen-bond acceptors (Lipinski definition) is 2. The lowest BCUT2D eigenvalue weighted by Gasteiger charge is -2.28. The largest absolute Gasteiger partial charge is 0.306 e. The molecule has 0 aliphatic rings. The zero-order valence-corrected chi connectivity index (χ0v) is 11.3. The number of hydrogen-bond donors (Lipinski definition) is 1. The Morgan fingerprint density at radius 3 is 2.38 bits per heavy atom. The van der Waals surface area contributed by atoms with Crippen LogP contribution in [0.2, 0.25) is 0 Å². The summed E-state index contributed by atoms with van der Waals surface area (Å²) in [6.07, 6.45) is 3.32. The predicted molar refractivity (Wildman–Crippen MR) is 68.4 cm³/mol. The Balaban J connectivity index is 2.63. The van der Waals surface area contributed by atoms with Crippen molar-refractivity contribution in [3.63, 3.8) is 0 Å². The van der Waals surface area contributed by atoms with Crippen LogP contribution in [0.1, 0.15) is 51.9 Å². The minimum atomic E-state index is 0.247. The van der Waals surface area contributed by atoms with Gasteiger partial charge in [-0.05, 0) is 32.3 Å². The highest BCUT2D eigenvalue weighted by Crippen LogP contribution is 2.15. The van der Waals surface area contributed by atoms with Crippen LogP contribution in [0.15, 0.2) is 6.07 Å². The van der Waals surface area contributed by atoms with Gasteiger partial charge in [-0.1, -0.05) is 20.8 Å². The first-order valence-electron chi connectivity index (χ1n) is 6.31. The van der Waals surface area contributed by atoms with E-state index in [2.05, 4.69) is 44.2 Å². The van der Waals surface area contributed by atoms with Crippen LogP contribution in [0.5, 0.6) is 0 Å². The van der Waals surface area contributed by atoms with E-state index in [0.29, 0.717) is 0 Å². The minimum Gasteiger partial charge on any atom is -0.306 e. The number of aryl methyl sites for hydroxylation is 2. The smallest absolute Gasteiger partial charge is 0.0625 e. The topological polar surface area (TPSA) is 29.9 Å². The molecular weight excluding hydrogens is 198 g/mol. The van der Waals surface area contributed by atoms with Gasteiger partial charge in [0, 0.05) is 19.1 Å². The molecule has 0 unspecified atom stereocenters. The molecule has 0 radical (unpaired) electrons. The van der Waals surface area contributed by atoms with Gasteiger partial charge in [-0.2, -0.15) is 5.10 Å². The Kier molecular flexibility index (Phi) is 4.54. The molecule has 0 aromatic carbocycles. The third-order valence-corrected chi connectivity index (χ3v) is 3.65. The van der Waals surface area contributed by atoms with Crippen molar-refractivity contribution in [2.24, 2.45) is 7.05 Å². The second-order valence-electron chi connectivity index (χ2n) is 4.73. The van der Waals surface area contributed by atoms with Gasteiger partial charge in [0.1, 0.15) is 0 Å². The predicted octanol–water partition coefficient (Wildman–Crippen LogP) is 2.65. The molecule has 3 nitrogen and oxygen atoms in total. The van der Waals surface area contributed by atoms with Crippen LogP contribution in [0, 0.1) is 0 Å². The molecule has 0 atom stereocenters. The maximum atomic E-state index is 4.46. The molecule has 92 valence electrons. The van der Waals surface area contributed by atoms with E-state index < -0.39 is 0 Å². The molecule has 0 spiro atoms. The summed E-state index contributed by atoms with van der Waals surface area (Å²) in [6, 6.07) is 2.19. The Bertz CT molecular complexity index is 324. The number of rotatable bonds is 6. The second kappa shape index (κ2) is 5.48. The molecule has 1 N–H and O–H groups in total. The van der Waals surface area contributed by atoms with Gasteiger partial charge in [0.2, 0.25) is 0 Å². The van der Waals surface area contributed by atoms with Gasteiger partial charge < -0.3 is 5.32 Å². The lowest BCUT2D eigenvalue weighted by Crippen LogP contribution is -2.40. The van der Waals surface area contributed by atoms with Crippen molar-refractivity contribution >= 4 is 0 Å². The van der Waals surface area contributed by atoms with Crippen LogP contribution in [-0.4, -0.2) is 15.3 Å². The van der Waals surface area contributed by atoms with Crippen molar-refractivity contribution in [1.29, 1.82) is 0 Å². The van der Waals surface area contributed by atoms with Crippen LogP contribution in [0.25, 0.3) is 0 Å². The van der Waals surface area contributed by atoms with Gasteiger partial charge in [0.25, 0.3) is 0 Å². The highest BCUT2D eigenvalue weighted by Gasteiger charge is 2.18. The van der Waals surface area contributed by atoms with Crippen molar-refractivity contribution < 1.29 is 0 Å². The highest BCUT2D eigenvalue weighted by molar-refractivity contribution is 5.10. The van der Waals surface area contributed by atoms with Crippen molar-refractivity contribution in [3.8, 4) is 0 Å². The standard InChI is InChI=1S/C13H25N3/c1-6-11-9-12(16(5)15-11)10-14-13(4,7-2)8-3/h9,14H,6-8,10H2,1-5H3. The summed E-state index contributed by atoms with van der Waals surface area (Å²) in [5, 5.41) is 8.09. The summed E-state index contributed by atoms with van der Waals surface area (Å²) >= 11 is 0. The number of aromatic nitrogens is 2. The molecule has 0 saturated carbocycles. The van der Waals surface area contributed by atoms with Crippen LogP contribution in [0.4, 0.5) is 0 Å². The summed E-state index contributed by atoms with van der Waals surface area (Å²) < 4.78 is 1.98. The van der Waals surface area contributed by atoms with Crippen molar-refractivity contribution in [2.75, 3.05) is 0 Å². The van der Waals surface area contributed by atoms with Gasteiger partial charge in [-0.3, -0.25) is 4.68 Å². The highest BCUT2D eigenvalue weighted by atomic mass is 15.3. The minimum absolute atomic E-state index is 0.247. The fourth-order valence-corrected chi connectivity index (χ4v) is 1.71. The van der Waals surface area contributed by atoms with E-state index in [9.17, 15) is 0 Å². The van der Waals surface area contributed by atoms with Crippen molar-refractivity contribution in [1.82, 2.24) is 15.1 Å². The normalized spacial score (nSPS) is 12.1. The summed E-state index contributed by atoms with van der Waals surface area (Å²) in [5.41, 5.74) is 2.69. The molecule has 0 amide bonds. The Hall–Kier alpha value is -0.830. The van der Waals surface area contributed by atoms with E-state index in [-0.39, 0.29) is 5.54 Å². The summed E-state index contributed by atoms with van der Waals surface area (Å²) in [4.78, 5) is 0.